The summed E-state index contributed by atoms with van der Waals surface area (Å²) in [5.74, 6) is 0.262. The Morgan fingerprint density at radius 2 is 2.00 bits per heavy atom. The summed E-state index contributed by atoms with van der Waals surface area (Å²) < 4.78 is 16.1. The maximum atomic E-state index is 14.6. The lowest BCUT2D eigenvalue weighted by atomic mass is 9.93. The van der Waals surface area contributed by atoms with E-state index in [4.69, 9.17) is 10.7 Å². The van der Waals surface area contributed by atoms with Crippen molar-refractivity contribution < 1.29 is 14.3 Å². The Hall–Kier alpha value is -3.20. The number of nitrogens with one attached hydrogen (secondary N) is 1. The van der Waals surface area contributed by atoms with Gasteiger partial charge in [-0.2, -0.15) is 0 Å². The predicted molar refractivity (Wildman–Crippen MR) is 124 cm³/mol. The van der Waals surface area contributed by atoms with Gasteiger partial charge in [-0.05, 0) is 57.6 Å². The number of aliphatic hydroxyl groups is 1. The highest BCUT2D eigenvalue weighted by atomic mass is 19.1. The molecule has 4 N–H and O–H groups in total. The third-order valence-corrected chi connectivity index (χ3v) is 6.81. The van der Waals surface area contributed by atoms with E-state index in [2.05, 4.69) is 15.3 Å². The third-order valence-electron chi connectivity index (χ3n) is 6.81. The van der Waals surface area contributed by atoms with E-state index in [1.807, 2.05) is 19.1 Å². The minimum Gasteiger partial charge on any atom is -0.393 e. The summed E-state index contributed by atoms with van der Waals surface area (Å²) in [5.41, 5.74) is 8.42. The van der Waals surface area contributed by atoms with Gasteiger partial charge in [0.15, 0.2) is 11.5 Å². The highest BCUT2D eigenvalue weighted by molar-refractivity contribution is 6.04. The van der Waals surface area contributed by atoms with Crippen LogP contribution in [0.25, 0.3) is 5.65 Å². The van der Waals surface area contributed by atoms with Gasteiger partial charge in [0.1, 0.15) is 17.2 Å². The van der Waals surface area contributed by atoms with Crippen LogP contribution in [0.15, 0.2) is 30.5 Å². The number of amides is 1. The number of nitrogens with zero attached hydrogens (tertiary/aromatic N) is 4. The maximum absolute atomic E-state index is 14.6. The van der Waals surface area contributed by atoms with Gasteiger partial charge in [-0.15, -0.1) is 5.10 Å². The van der Waals surface area contributed by atoms with Gasteiger partial charge in [0.25, 0.3) is 5.91 Å². The van der Waals surface area contributed by atoms with E-state index in [1.54, 1.807) is 12.3 Å². The monoisotopic (exact) mass is 452 g/mol. The van der Waals surface area contributed by atoms with Crippen LogP contribution in [0.5, 0.6) is 0 Å². The highest BCUT2D eigenvalue weighted by Gasteiger charge is 2.31. The molecule has 0 radical (unpaired) electrons. The van der Waals surface area contributed by atoms with Crippen molar-refractivity contribution >= 4 is 23.2 Å². The van der Waals surface area contributed by atoms with Crippen LogP contribution >= 0.6 is 0 Å². The number of aliphatic hydroxyl groups excluding tert-OH is 1. The molecule has 2 aliphatic rings. The van der Waals surface area contributed by atoms with Gasteiger partial charge in [-0.1, -0.05) is 17.7 Å². The molecule has 33 heavy (non-hydrogen) atoms. The van der Waals surface area contributed by atoms with Gasteiger partial charge < -0.3 is 21.1 Å². The van der Waals surface area contributed by atoms with Crippen molar-refractivity contribution in [3.05, 3.63) is 53.0 Å². The second kappa shape index (κ2) is 8.62. The van der Waals surface area contributed by atoms with E-state index < -0.39 is 0 Å². The smallest absolute Gasteiger partial charge is 0.259 e. The van der Waals surface area contributed by atoms with Crippen LogP contribution in [0.1, 0.15) is 66.1 Å². The zero-order valence-electron chi connectivity index (χ0n) is 18.7. The van der Waals surface area contributed by atoms with Crippen molar-refractivity contribution in [1.29, 1.82) is 0 Å². The molecular weight excluding hydrogens is 423 g/mol. The Kier molecular flexibility index (Phi) is 5.65. The number of carbonyl (C=O) groups excluding carboxylic acids is 1. The van der Waals surface area contributed by atoms with E-state index >= 15 is 0 Å². The lowest BCUT2D eigenvalue weighted by Gasteiger charge is -2.27. The van der Waals surface area contributed by atoms with Crippen LogP contribution < -0.4 is 16.0 Å². The van der Waals surface area contributed by atoms with Gasteiger partial charge in [-0.3, -0.25) is 4.79 Å². The van der Waals surface area contributed by atoms with Crippen LogP contribution in [-0.2, 0) is 0 Å². The molecule has 1 saturated heterocycles. The molecule has 1 amide bonds. The number of anilines is 2. The molecule has 3 aromatic rings. The van der Waals surface area contributed by atoms with Crippen LogP contribution in [0.3, 0.4) is 0 Å². The van der Waals surface area contributed by atoms with Gasteiger partial charge in [-0.25, -0.2) is 13.9 Å². The average molecular weight is 453 g/mol. The normalized spacial score (nSPS) is 23.2. The van der Waals surface area contributed by atoms with E-state index in [1.165, 1.54) is 10.6 Å². The maximum Gasteiger partial charge on any atom is 0.259 e. The van der Waals surface area contributed by atoms with Crippen molar-refractivity contribution in [1.82, 2.24) is 19.9 Å². The Morgan fingerprint density at radius 1 is 1.21 bits per heavy atom. The molecule has 0 unspecified atom stereocenters. The molecule has 1 aromatic carbocycles. The molecule has 2 aromatic heterocycles. The molecule has 174 valence electrons. The van der Waals surface area contributed by atoms with E-state index in [0.717, 1.165) is 37.8 Å². The number of carbonyl (C=O) groups is 1. The summed E-state index contributed by atoms with van der Waals surface area (Å²) in [4.78, 5) is 19.9. The van der Waals surface area contributed by atoms with Crippen molar-refractivity contribution in [2.75, 3.05) is 17.2 Å². The zero-order chi connectivity index (χ0) is 23.1. The molecular formula is C24H29FN6O2. The highest BCUT2D eigenvalue weighted by Crippen LogP contribution is 2.37. The van der Waals surface area contributed by atoms with Crippen molar-refractivity contribution in [3.63, 3.8) is 0 Å². The molecule has 1 atom stereocenters. The summed E-state index contributed by atoms with van der Waals surface area (Å²) in [7, 11) is 0. The lowest BCUT2D eigenvalue weighted by molar-refractivity contribution is 0.0869. The minimum atomic E-state index is -0.309. The van der Waals surface area contributed by atoms with Crippen LogP contribution in [-0.4, -0.2) is 44.3 Å². The largest absolute Gasteiger partial charge is 0.393 e. The number of rotatable bonds is 4. The first kappa shape index (κ1) is 21.6. The number of hydrogen-bond acceptors (Lipinski definition) is 6. The first-order chi connectivity index (χ1) is 15.9. The first-order valence-corrected chi connectivity index (χ1v) is 11.6. The average Bonchev–Trinajstić information content (AvgIpc) is 3.40. The number of nitrogen functional groups attached to an aromatic ring is 1. The zero-order valence-corrected chi connectivity index (χ0v) is 18.7. The molecule has 3 heterocycles. The number of benzene rings is 1. The predicted octanol–water partition coefficient (Wildman–Crippen LogP) is 3.13. The first-order valence-electron chi connectivity index (χ1n) is 11.6. The van der Waals surface area contributed by atoms with Gasteiger partial charge in [0.05, 0.1) is 12.1 Å². The SMILES string of the molecule is Cc1ccc(F)c([C@H]2CCCN2c2ccn3nc(N)c(C(=O)NC4CCC(O)CC4)c3n2)c1. The number of nitrogens with two attached hydrogens (primary N) is 1. The standard InChI is InChI=1S/C24H29FN6O2/c1-14-4-9-18(25)17(13-14)19-3-2-11-30(19)20-10-12-31-23(28-20)21(22(26)29-31)24(33)27-15-5-7-16(32)8-6-15/h4,9-10,12-13,15-16,19,32H,2-3,5-8,11H2,1H3,(H2,26,29)(H,27,33)/t15?,16?,19-/m1/s1. The van der Waals surface area contributed by atoms with Gasteiger partial charge >= 0.3 is 0 Å². The molecule has 1 aliphatic heterocycles. The molecule has 8 nitrogen and oxygen atoms in total. The summed E-state index contributed by atoms with van der Waals surface area (Å²) in [5, 5.41) is 17.0. The molecule has 9 heteroatoms. The summed E-state index contributed by atoms with van der Waals surface area (Å²) in [6.07, 6.45) is 5.99. The van der Waals surface area contributed by atoms with Crippen LogP contribution in [0, 0.1) is 12.7 Å². The van der Waals surface area contributed by atoms with E-state index in [0.29, 0.717) is 29.9 Å². The van der Waals surface area contributed by atoms with Crippen molar-refractivity contribution in [2.24, 2.45) is 0 Å². The Morgan fingerprint density at radius 3 is 2.79 bits per heavy atom. The number of aryl methyl sites for hydroxylation is 1. The Balaban J connectivity index is 1.45. The molecule has 5 rings (SSSR count). The van der Waals surface area contributed by atoms with E-state index in [9.17, 15) is 14.3 Å². The Labute approximate surface area is 191 Å². The number of halogens is 1. The molecule has 0 spiro atoms. The van der Waals surface area contributed by atoms with Gasteiger partial charge in [0.2, 0.25) is 0 Å². The number of fused-ring (bicyclic) bond motifs is 1. The quantitative estimate of drug-likeness (QED) is 0.561. The second-order valence-corrected chi connectivity index (χ2v) is 9.17. The molecule has 1 saturated carbocycles. The summed E-state index contributed by atoms with van der Waals surface area (Å²) in [6, 6.07) is 6.89. The molecule has 0 bridgehead atoms. The third kappa shape index (κ3) is 4.13. The minimum absolute atomic E-state index is 0.00862. The fourth-order valence-electron chi connectivity index (χ4n) is 5.07. The van der Waals surface area contributed by atoms with Crippen molar-refractivity contribution in [3.8, 4) is 0 Å². The Bertz CT molecular complexity index is 1190. The van der Waals surface area contributed by atoms with Gasteiger partial charge in [0, 0.05) is 24.3 Å². The summed E-state index contributed by atoms with van der Waals surface area (Å²) >= 11 is 0. The number of hydrogen-bond donors (Lipinski definition) is 3. The summed E-state index contributed by atoms with van der Waals surface area (Å²) in [6.45, 7) is 2.70. The fraction of sp³-hybridized carbons (Fsp3) is 0.458. The van der Waals surface area contributed by atoms with Crippen LogP contribution in [0.4, 0.5) is 16.0 Å². The second-order valence-electron chi connectivity index (χ2n) is 9.17. The van der Waals surface area contributed by atoms with E-state index in [-0.39, 0.29) is 41.3 Å². The van der Waals surface area contributed by atoms with Crippen LogP contribution in [0.2, 0.25) is 0 Å². The molecule has 1 aliphatic carbocycles. The number of aromatic nitrogens is 3. The lowest BCUT2D eigenvalue weighted by Crippen LogP contribution is -2.38. The van der Waals surface area contributed by atoms with Crippen molar-refractivity contribution in [2.45, 2.75) is 63.6 Å². The fourth-order valence-corrected chi connectivity index (χ4v) is 5.07. The molecule has 2 fully saturated rings. The topological polar surface area (TPSA) is 109 Å².